The van der Waals surface area contributed by atoms with Crippen molar-refractivity contribution in [2.45, 2.75) is 12.2 Å². The maximum absolute atomic E-state index is 13.3. The number of fused-ring (bicyclic) bond motifs is 2. The largest absolute Gasteiger partial charge is 0.480 e. The van der Waals surface area contributed by atoms with Crippen LogP contribution in [0.15, 0.2) is 53.5 Å². The van der Waals surface area contributed by atoms with Crippen LogP contribution in [0.5, 0.6) is 0 Å². The number of amides is 2. The second-order valence-electron chi connectivity index (χ2n) is 8.11. The summed E-state index contributed by atoms with van der Waals surface area (Å²) in [5.41, 5.74) is -1.68. The molecule has 0 bridgehead atoms. The van der Waals surface area contributed by atoms with Crippen molar-refractivity contribution >= 4 is 40.7 Å². The number of hydrogen-bond acceptors (Lipinski definition) is 6. The van der Waals surface area contributed by atoms with Crippen LogP contribution in [0.25, 0.3) is 0 Å². The highest BCUT2D eigenvalue weighted by Crippen LogP contribution is 2.44. The lowest BCUT2D eigenvalue weighted by atomic mass is 9.82. The van der Waals surface area contributed by atoms with Crippen molar-refractivity contribution in [3.05, 3.63) is 65.2 Å². The number of nitrogens with zero attached hydrogens (tertiary/aromatic N) is 2. The molecule has 0 radical (unpaired) electrons. The predicted octanol–water partition coefficient (Wildman–Crippen LogP) is 2.41. The van der Waals surface area contributed by atoms with Gasteiger partial charge in [0.1, 0.15) is 5.92 Å². The second-order valence-corrected chi connectivity index (χ2v) is 8.11. The molecule has 2 aliphatic heterocycles. The van der Waals surface area contributed by atoms with Gasteiger partial charge in [-0.3, -0.25) is 24.2 Å². The van der Waals surface area contributed by atoms with Crippen LogP contribution in [0.4, 0.5) is 18.9 Å². The minimum Gasteiger partial charge on any atom is -0.480 e. The number of carbonyl (C=O) groups is 5. The van der Waals surface area contributed by atoms with Gasteiger partial charge in [0.15, 0.2) is 17.6 Å². The number of anilines is 1. The molecule has 11 heteroatoms. The molecule has 2 amide bonds. The number of aliphatic imine (C=N–C) groups is 1. The van der Waals surface area contributed by atoms with Crippen LogP contribution in [0.1, 0.15) is 26.3 Å². The monoisotopic (exact) mass is 470 g/mol. The van der Waals surface area contributed by atoms with Crippen molar-refractivity contribution in [1.29, 1.82) is 0 Å². The van der Waals surface area contributed by atoms with E-state index in [2.05, 4.69) is 4.99 Å². The molecule has 2 aromatic rings. The number of rotatable bonds is 3. The van der Waals surface area contributed by atoms with Gasteiger partial charge < -0.3 is 5.11 Å². The molecule has 0 saturated carbocycles. The van der Waals surface area contributed by atoms with Gasteiger partial charge >= 0.3 is 12.1 Å². The third-order valence-electron chi connectivity index (χ3n) is 6.26. The maximum atomic E-state index is 13.3. The van der Waals surface area contributed by atoms with E-state index in [1.807, 2.05) is 0 Å². The van der Waals surface area contributed by atoms with Gasteiger partial charge in [-0.05, 0) is 18.2 Å². The zero-order chi connectivity index (χ0) is 24.5. The number of carboxylic acids is 1. The Hall–Kier alpha value is -4.15. The summed E-state index contributed by atoms with van der Waals surface area (Å²) in [4.78, 5) is 68.7. The lowest BCUT2D eigenvalue weighted by molar-refractivity contribution is -0.141. The lowest BCUT2D eigenvalue weighted by Gasteiger charge is -2.19. The van der Waals surface area contributed by atoms with E-state index in [-0.39, 0.29) is 16.8 Å². The van der Waals surface area contributed by atoms with Crippen LogP contribution >= 0.6 is 0 Å². The summed E-state index contributed by atoms with van der Waals surface area (Å²) in [6.07, 6.45) is -4.75. The van der Waals surface area contributed by atoms with Gasteiger partial charge in [-0.2, -0.15) is 13.2 Å². The van der Waals surface area contributed by atoms with Crippen LogP contribution in [0, 0.1) is 17.8 Å². The number of carbonyl (C=O) groups excluding carboxylic acids is 4. The molecule has 1 aliphatic carbocycles. The highest BCUT2D eigenvalue weighted by atomic mass is 19.4. The van der Waals surface area contributed by atoms with E-state index >= 15 is 0 Å². The van der Waals surface area contributed by atoms with E-state index in [0.717, 1.165) is 18.2 Å². The SMILES string of the molecule is O=C1c2ccccc2C(=O)C1C1=NC(C(=O)O)C2C(=O)N(c3cccc(C(F)(F)F)c3)C(=O)C12. The summed E-state index contributed by atoms with van der Waals surface area (Å²) in [5, 5.41) is 9.63. The molecule has 1 fully saturated rings. The molecule has 0 spiro atoms. The summed E-state index contributed by atoms with van der Waals surface area (Å²) >= 11 is 0. The first-order valence-electron chi connectivity index (χ1n) is 10.0. The molecule has 1 N–H and O–H groups in total. The molecule has 3 atom stereocenters. The van der Waals surface area contributed by atoms with Crippen LogP contribution in [-0.2, 0) is 20.6 Å². The number of carboxylic acid groups (broad SMARTS) is 1. The fourth-order valence-electron chi connectivity index (χ4n) is 4.79. The number of halogens is 3. The van der Waals surface area contributed by atoms with Gasteiger partial charge in [-0.1, -0.05) is 30.3 Å². The summed E-state index contributed by atoms with van der Waals surface area (Å²) in [7, 11) is 0. The Balaban J connectivity index is 1.59. The predicted molar refractivity (Wildman–Crippen MR) is 108 cm³/mol. The van der Waals surface area contributed by atoms with Gasteiger partial charge in [0.2, 0.25) is 11.8 Å². The highest BCUT2D eigenvalue weighted by molar-refractivity contribution is 6.41. The Kier molecular flexibility index (Phi) is 4.57. The van der Waals surface area contributed by atoms with Gasteiger partial charge in [0.05, 0.1) is 23.1 Å². The molecule has 172 valence electrons. The van der Waals surface area contributed by atoms with Crippen LogP contribution < -0.4 is 4.90 Å². The van der Waals surface area contributed by atoms with E-state index in [4.69, 9.17) is 0 Å². The summed E-state index contributed by atoms with van der Waals surface area (Å²) in [5.74, 6) is -9.73. The van der Waals surface area contributed by atoms with Gasteiger partial charge in [-0.15, -0.1) is 0 Å². The van der Waals surface area contributed by atoms with Crippen LogP contribution in [0.2, 0.25) is 0 Å². The normalized spacial score (nSPS) is 24.5. The first kappa shape index (κ1) is 21.7. The smallest absolute Gasteiger partial charge is 0.416 e. The highest BCUT2D eigenvalue weighted by Gasteiger charge is 2.62. The number of ketones is 2. The first-order valence-corrected chi connectivity index (χ1v) is 10.0. The zero-order valence-electron chi connectivity index (χ0n) is 16.9. The number of Topliss-reactive ketones (excluding diaryl/α,β-unsaturated/α-hetero) is 2. The van der Waals surface area contributed by atoms with E-state index in [1.54, 1.807) is 0 Å². The van der Waals surface area contributed by atoms with Gasteiger partial charge in [-0.25, -0.2) is 9.69 Å². The number of aliphatic carboxylic acids is 1. The van der Waals surface area contributed by atoms with Gasteiger partial charge in [0, 0.05) is 16.8 Å². The van der Waals surface area contributed by atoms with E-state index < -0.39 is 70.6 Å². The first-order chi connectivity index (χ1) is 16.0. The van der Waals surface area contributed by atoms with Crippen LogP contribution in [-0.4, -0.2) is 46.2 Å². The standard InChI is InChI=1S/C23H13F3N2O6/c24-23(25,26)9-4-3-5-10(8-9)28-20(31)13-14(21(28)32)17(22(33)34)27-16(13)15-18(29)11-6-1-2-7-12(11)19(15)30/h1-8,13-15,17H,(H,33,34). The molecule has 5 rings (SSSR count). The Morgan fingerprint density at radius 3 is 2.09 bits per heavy atom. The van der Waals surface area contributed by atoms with Crippen molar-refractivity contribution in [1.82, 2.24) is 0 Å². The average Bonchev–Trinajstić information content (AvgIpc) is 3.38. The number of imide groups is 1. The fourth-order valence-corrected chi connectivity index (χ4v) is 4.79. The Morgan fingerprint density at radius 1 is 0.912 bits per heavy atom. The maximum Gasteiger partial charge on any atom is 0.416 e. The minimum atomic E-state index is -4.75. The van der Waals surface area contributed by atoms with Crippen LogP contribution in [0.3, 0.4) is 0 Å². The number of hydrogen-bond donors (Lipinski definition) is 1. The third kappa shape index (κ3) is 2.93. The molecule has 3 aliphatic rings. The zero-order valence-corrected chi connectivity index (χ0v) is 16.9. The molecule has 8 nitrogen and oxygen atoms in total. The summed E-state index contributed by atoms with van der Waals surface area (Å²) in [6.45, 7) is 0. The molecule has 1 saturated heterocycles. The second kappa shape index (κ2) is 7.17. The topological polar surface area (TPSA) is 121 Å². The molecule has 0 aromatic heterocycles. The average molecular weight is 470 g/mol. The molecule has 34 heavy (non-hydrogen) atoms. The summed E-state index contributed by atoms with van der Waals surface area (Å²) in [6, 6.07) is 7.60. The van der Waals surface area contributed by atoms with E-state index in [0.29, 0.717) is 11.0 Å². The number of alkyl halides is 3. The molecule has 2 aromatic carbocycles. The van der Waals surface area contributed by atoms with Crippen molar-refractivity contribution in [2.75, 3.05) is 4.90 Å². The van der Waals surface area contributed by atoms with Crippen molar-refractivity contribution < 1.29 is 42.3 Å². The quantitative estimate of drug-likeness (QED) is 0.543. The molecule has 3 unspecified atom stereocenters. The Morgan fingerprint density at radius 2 is 1.53 bits per heavy atom. The van der Waals surface area contributed by atoms with Crippen molar-refractivity contribution in [3.8, 4) is 0 Å². The molecule has 2 heterocycles. The Labute approximate surface area is 188 Å². The van der Waals surface area contributed by atoms with Crippen molar-refractivity contribution in [3.63, 3.8) is 0 Å². The van der Waals surface area contributed by atoms with E-state index in [9.17, 15) is 42.3 Å². The molecular formula is C23H13F3N2O6. The summed E-state index contributed by atoms with van der Waals surface area (Å²) < 4.78 is 39.5. The third-order valence-corrected chi connectivity index (χ3v) is 6.26. The van der Waals surface area contributed by atoms with Crippen molar-refractivity contribution in [2.24, 2.45) is 22.7 Å². The molecular weight excluding hydrogens is 457 g/mol. The van der Waals surface area contributed by atoms with Gasteiger partial charge in [0.25, 0.3) is 0 Å². The fraction of sp³-hybridized carbons (Fsp3) is 0.217. The number of benzene rings is 2. The lowest BCUT2D eigenvalue weighted by Crippen LogP contribution is -2.37. The minimum absolute atomic E-state index is 0.0852. The Bertz CT molecular complexity index is 1310. The van der Waals surface area contributed by atoms with E-state index in [1.165, 1.54) is 24.3 Å².